The molecule has 0 spiro atoms. The third-order valence-electron chi connectivity index (χ3n) is 7.11. The molecule has 1 aliphatic heterocycles. The largest absolute Gasteiger partial charge is 1.00 e. The van der Waals surface area contributed by atoms with Crippen molar-refractivity contribution >= 4 is 0 Å². The number of benzene rings is 4. The molecule has 0 atom stereocenters. The monoisotopic (exact) mass is 749 g/mol. The van der Waals surface area contributed by atoms with Gasteiger partial charge in [0, 0.05) is 50.6 Å². The van der Waals surface area contributed by atoms with Gasteiger partial charge in [0.15, 0.2) is 0 Å². The van der Waals surface area contributed by atoms with Crippen molar-refractivity contribution in [3.05, 3.63) is 125 Å². The maximum atomic E-state index is 9.30. The van der Waals surface area contributed by atoms with Gasteiger partial charge in [-0.2, -0.15) is 0 Å². The molecule has 1 radical (unpaired) electrons. The predicted octanol–water partition coefficient (Wildman–Crippen LogP) is 3.27. The number of epoxide rings is 1. The second-order valence-electron chi connectivity index (χ2n) is 11.1. The fraction of sp³-hybridized carbons (Fsp3) is 0.351. The second kappa shape index (κ2) is 25.7. The van der Waals surface area contributed by atoms with Crippen molar-refractivity contribution in [2.75, 3.05) is 46.8 Å². The maximum absolute atomic E-state index is 9.30. The number of aromatic hydroxyl groups is 2. The minimum atomic E-state index is -0.151. The smallest absolute Gasteiger partial charge is 0.870 e. The number of phenols is 2. The molecule has 4 aromatic rings. The minimum Gasteiger partial charge on any atom is -0.870 e. The molecule has 0 bridgehead atoms. The van der Waals surface area contributed by atoms with E-state index >= 15 is 0 Å². The Balaban J connectivity index is 0. The Labute approximate surface area is 348 Å². The Hall–Kier alpha value is -1.18. The number of hydrogen-bond acceptors (Lipinski definition) is 8. The molecule has 1 fully saturated rings. The molecule has 5 N–H and O–H groups in total. The summed E-state index contributed by atoms with van der Waals surface area (Å²) in [6.45, 7) is 11.6. The Morgan fingerprint density at radius 1 is 0.596 bits per heavy atom. The molecule has 1 heterocycles. The van der Waals surface area contributed by atoms with Gasteiger partial charge in [-0.05, 0) is 58.7 Å². The van der Waals surface area contributed by atoms with E-state index in [1.165, 1.54) is 11.1 Å². The van der Waals surface area contributed by atoms with Gasteiger partial charge in [-0.3, -0.25) is 0 Å². The summed E-state index contributed by atoms with van der Waals surface area (Å²) in [7, 11) is 1.55. The molecule has 4 aromatic carbocycles. The second-order valence-corrected chi connectivity index (χ2v) is 11.1. The van der Waals surface area contributed by atoms with E-state index in [-0.39, 0.29) is 125 Å². The molecular formula is C37H49KO8Y. The summed E-state index contributed by atoms with van der Waals surface area (Å²) in [6, 6.07) is 33.0. The molecule has 0 aliphatic carbocycles. The van der Waals surface area contributed by atoms with E-state index in [1.807, 2.05) is 42.5 Å². The molecule has 1 saturated heterocycles. The summed E-state index contributed by atoms with van der Waals surface area (Å²) in [5.41, 5.74) is 4.61. The minimum absolute atomic E-state index is 0. The summed E-state index contributed by atoms with van der Waals surface area (Å²) in [6.07, 6.45) is 0. The van der Waals surface area contributed by atoms with Crippen molar-refractivity contribution in [1.29, 1.82) is 0 Å². The van der Waals surface area contributed by atoms with E-state index in [2.05, 4.69) is 73.6 Å². The molecule has 10 heteroatoms. The molecule has 0 saturated carbocycles. The summed E-state index contributed by atoms with van der Waals surface area (Å²) < 4.78 is 14.3. The van der Waals surface area contributed by atoms with Crippen molar-refractivity contribution in [1.82, 2.24) is 0 Å². The van der Waals surface area contributed by atoms with Gasteiger partial charge < -0.3 is 40.1 Å². The zero-order valence-corrected chi connectivity index (χ0v) is 34.6. The summed E-state index contributed by atoms with van der Waals surface area (Å²) in [5, 5.41) is 35.3. The van der Waals surface area contributed by atoms with Crippen LogP contribution < -0.4 is 56.1 Å². The average molecular weight is 750 g/mol. The van der Waals surface area contributed by atoms with Crippen LogP contribution in [0.1, 0.15) is 49.9 Å². The van der Waals surface area contributed by atoms with Crippen LogP contribution in [0.25, 0.3) is 0 Å². The first-order valence-corrected chi connectivity index (χ1v) is 14.7. The molecule has 0 unspecified atom stereocenters. The number of phenolic OH excluding ortho intramolecular Hbond substituents is 2. The summed E-state index contributed by atoms with van der Waals surface area (Å²) in [5.74, 6) is 1.34. The zero-order valence-electron chi connectivity index (χ0n) is 28.6. The third-order valence-corrected chi connectivity index (χ3v) is 7.11. The first-order valence-electron chi connectivity index (χ1n) is 14.7. The zero-order chi connectivity index (χ0) is 32.4. The number of aliphatic hydroxyl groups is 2. The topological polar surface area (TPSA) is 142 Å². The molecule has 47 heavy (non-hydrogen) atoms. The van der Waals surface area contributed by atoms with E-state index in [4.69, 9.17) is 14.9 Å². The van der Waals surface area contributed by atoms with Crippen LogP contribution in [0.5, 0.6) is 17.2 Å². The quantitative estimate of drug-likeness (QED) is 0.151. The maximum Gasteiger partial charge on any atom is 1.00 e. The van der Waals surface area contributed by atoms with Crippen LogP contribution in [0.2, 0.25) is 0 Å². The standard InChI is InChI=1S/C17H20O2.C15H16O2.C3H8O2.C2H4O.K.H2O.Y/c1-17(2,14-6-4-3-5-7-14)15-8-10-16(11-9-15)19-13-12-18;1-15(2,11-3-7-13(16)8-4-11)12-5-9-14(17)10-6-12;1-5-3-2-4;1-2-3-1;;;/h3-11,18H,12-13H2,1-2H3;3-10,16-17H,1-2H3;4H,2-3H2,1H3;1-2H2;;1H2;/q;;;;+1;;/p-1. The Morgan fingerprint density at radius 2 is 0.936 bits per heavy atom. The fourth-order valence-electron chi connectivity index (χ4n) is 4.17. The van der Waals surface area contributed by atoms with Gasteiger partial charge in [-0.1, -0.05) is 94.4 Å². The van der Waals surface area contributed by atoms with Crippen molar-refractivity contribution in [3.63, 3.8) is 0 Å². The van der Waals surface area contributed by atoms with Crippen LogP contribution in [0.15, 0.2) is 103 Å². The van der Waals surface area contributed by atoms with Gasteiger partial charge in [-0.25, -0.2) is 0 Å². The molecule has 1 aliphatic rings. The third kappa shape index (κ3) is 17.9. The van der Waals surface area contributed by atoms with E-state index in [0.29, 0.717) is 13.2 Å². The van der Waals surface area contributed by atoms with Crippen molar-refractivity contribution in [2.45, 2.75) is 38.5 Å². The van der Waals surface area contributed by atoms with Crippen LogP contribution in [0.4, 0.5) is 0 Å². The van der Waals surface area contributed by atoms with Gasteiger partial charge in [-0.15, -0.1) is 0 Å². The first kappa shape index (κ1) is 47.9. The summed E-state index contributed by atoms with van der Waals surface area (Å²) in [4.78, 5) is 0. The van der Waals surface area contributed by atoms with Gasteiger partial charge in [0.05, 0.1) is 33.0 Å². The van der Waals surface area contributed by atoms with Crippen LogP contribution >= 0.6 is 0 Å². The molecule has 249 valence electrons. The van der Waals surface area contributed by atoms with Crippen molar-refractivity contribution < 1.29 is 124 Å². The molecule has 0 aromatic heterocycles. The van der Waals surface area contributed by atoms with Crippen molar-refractivity contribution in [2.24, 2.45) is 0 Å². The van der Waals surface area contributed by atoms with Crippen LogP contribution in [-0.4, -0.2) is 72.7 Å². The van der Waals surface area contributed by atoms with Crippen LogP contribution in [0, 0.1) is 0 Å². The Morgan fingerprint density at radius 3 is 1.23 bits per heavy atom. The van der Waals surface area contributed by atoms with E-state index in [0.717, 1.165) is 30.1 Å². The van der Waals surface area contributed by atoms with E-state index < -0.39 is 0 Å². The van der Waals surface area contributed by atoms with E-state index in [1.54, 1.807) is 31.4 Å². The Kier molecular flexibility index (Phi) is 26.3. The Bertz CT molecular complexity index is 1260. The van der Waals surface area contributed by atoms with Gasteiger partial charge in [0.25, 0.3) is 0 Å². The van der Waals surface area contributed by atoms with Crippen LogP contribution in [-0.2, 0) is 53.0 Å². The fourth-order valence-corrected chi connectivity index (χ4v) is 4.17. The first-order chi connectivity index (χ1) is 21.1. The molecule has 5 rings (SSSR count). The molecule has 0 amide bonds. The average Bonchev–Trinajstić information content (AvgIpc) is 3.92. The summed E-state index contributed by atoms with van der Waals surface area (Å²) >= 11 is 0. The predicted molar refractivity (Wildman–Crippen MR) is 178 cm³/mol. The number of aliphatic hydroxyl groups excluding tert-OH is 2. The number of hydrogen-bond donors (Lipinski definition) is 4. The van der Waals surface area contributed by atoms with Crippen LogP contribution in [0.3, 0.4) is 0 Å². The van der Waals surface area contributed by atoms with Crippen molar-refractivity contribution in [3.8, 4) is 17.2 Å². The van der Waals surface area contributed by atoms with Gasteiger partial charge in [0.2, 0.25) is 0 Å². The van der Waals surface area contributed by atoms with Gasteiger partial charge >= 0.3 is 51.4 Å². The molecule has 8 nitrogen and oxygen atoms in total. The SMILES string of the molecule is C1CO1.CC(C)(c1ccc(O)cc1)c1ccc(O)cc1.CC(C)(c1ccccc1)c1ccc(OCCO)cc1.COCCO.[K+].[OH-].[Y]. The van der Waals surface area contributed by atoms with E-state index in [9.17, 15) is 10.2 Å². The number of methoxy groups -OCH3 is 1. The number of ether oxygens (including phenoxy) is 3. The van der Waals surface area contributed by atoms with Gasteiger partial charge in [0.1, 0.15) is 23.9 Å². The number of rotatable bonds is 9. The normalized spacial score (nSPS) is 11.1. The molecular weight excluding hydrogens is 700 g/mol.